The molecule has 0 aliphatic carbocycles. The van der Waals surface area contributed by atoms with Crippen molar-refractivity contribution in [3.8, 4) is 0 Å². The number of amides is 1. The first kappa shape index (κ1) is 12.2. The van der Waals surface area contributed by atoms with Gasteiger partial charge in [0, 0.05) is 25.2 Å². The van der Waals surface area contributed by atoms with Gasteiger partial charge in [-0.3, -0.25) is 4.79 Å². The number of nitrogens with one attached hydrogen (secondary N) is 2. The van der Waals surface area contributed by atoms with Crippen molar-refractivity contribution in [1.29, 1.82) is 0 Å². The Kier molecular flexibility index (Phi) is 3.91. The van der Waals surface area contributed by atoms with E-state index in [1.807, 2.05) is 6.92 Å². The summed E-state index contributed by atoms with van der Waals surface area (Å²) in [6, 6.07) is 0. The molecule has 1 amide bonds. The maximum atomic E-state index is 11.7. The van der Waals surface area contributed by atoms with E-state index >= 15 is 0 Å². The summed E-state index contributed by atoms with van der Waals surface area (Å²) in [4.78, 5) is 11.7. The third-order valence-corrected chi connectivity index (χ3v) is 3.23. The first-order valence-corrected chi connectivity index (χ1v) is 5.64. The van der Waals surface area contributed by atoms with Crippen molar-refractivity contribution < 1.29 is 4.79 Å². The molecule has 3 nitrogen and oxygen atoms in total. The van der Waals surface area contributed by atoms with Crippen LogP contribution in [0.5, 0.6) is 0 Å². The molecule has 1 rings (SSSR count). The molecule has 1 fully saturated rings. The van der Waals surface area contributed by atoms with Gasteiger partial charge in [0.1, 0.15) is 0 Å². The van der Waals surface area contributed by atoms with Crippen molar-refractivity contribution in [2.75, 3.05) is 19.6 Å². The summed E-state index contributed by atoms with van der Waals surface area (Å²) >= 11 is 0. The molecular formula is C12H22N2O. The molecular weight excluding hydrogens is 188 g/mol. The maximum Gasteiger partial charge on any atom is 0.246 e. The molecule has 0 radical (unpaired) electrons. The van der Waals surface area contributed by atoms with Crippen LogP contribution in [-0.2, 0) is 4.79 Å². The van der Waals surface area contributed by atoms with E-state index in [0.717, 1.165) is 31.6 Å². The van der Waals surface area contributed by atoms with E-state index in [4.69, 9.17) is 0 Å². The van der Waals surface area contributed by atoms with Gasteiger partial charge in [0.05, 0.1) is 0 Å². The van der Waals surface area contributed by atoms with Gasteiger partial charge in [-0.25, -0.2) is 0 Å². The van der Waals surface area contributed by atoms with E-state index in [1.54, 1.807) is 0 Å². The topological polar surface area (TPSA) is 41.1 Å². The normalized spacial score (nSPS) is 15.9. The average molecular weight is 210 g/mol. The van der Waals surface area contributed by atoms with Crippen LogP contribution in [0.4, 0.5) is 0 Å². The largest absolute Gasteiger partial charge is 0.352 e. The Balaban J connectivity index is 2.43. The van der Waals surface area contributed by atoms with Gasteiger partial charge in [-0.15, -0.1) is 0 Å². The number of hydrogen-bond donors (Lipinski definition) is 2. The average Bonchev–Trinajstić information content (AvgIpc) is 2.11. The lowest BCUT2D eigenvalue weighted by Crippen LogP contribution is -2.39. The highest BCUT2D eigenvalue weighted by atomic mass is 16.1. The second-order valence-electron chi connectivity index (χ2n) is 5.03. The molecule has 0 atom stereocenters. The van der Waals surface area contributed by atoms with Gasteiger partial charge in [-0.2, -0.15) is 0 Å². The fourth-order valence-corrected chi connectivity index (χ4v) is 1.25. The predicted octanol–water partition coefficient (Wildman–Crippen LogP) is 1.46. The van der Waals surface area contributed by atoms with Gasteiger partial charge >= 0.3 is 0 Å². The fraction of sp³-hybridized carbons (Fsp3) is 0.750. The van der Waals surface area contributed by atoms with E-state index in [1.165, 1.54) is 5.57 Å². The Bertz CT molecular complexity index is 273. The summed E-state index contributed by atoms with van der Waals surface area (Å²) in [5, 5.41) is 6.14. The maximum absolute atomic E-state index is 11.7. The molecule has 2 N–H and O–H groups in total. The summed E-state index contributed by atoms with van der Waals surface area (Å²) < 4.78 is 0. The van der Waals surface area contributed by atoms with Crippen LogP contribution in [0.1, 0.15) is 34.1 Å². The first-order chi connectivity index (χ1) is 6.96. The van der Waals surface area contributed by atoms with Crippen LogP contribution in [0.25, 0.3) is 0 Å². The van der Waals surface area contributed by atoms with E-state index < -0.39 is 0 Å². The second-order valence-corrected chi connectivity index (χ2v) is 5.03. The molecule has 0 aromatic heterocycles. The highest BCUT2D eigenvalue weighted by molar-refractivity contribution is 5.93. The van der Waals surface area contributed by atoms with Gasteiger partial charge in [0.2, 0.25) is 5.91 Å². The van der Waals surface area contributed by atoms with Crippen molar-refractivity contribution in [1.82, 2.24) is 10.6 Å². The van der Waals surface area contributed by atoms with E-state index in [2.05, 4.69) is 31.4 Å². The van der Waals surface area contributed by atoms with Crippen LogP contribution in [0.15, 0.2) is 11.1 Å². The van der Waals surface area contributed by atoms with Gasteiger partial charge in [0.15, 0.2) is 0 Å². The first-order valence-electron chi connectivity index (χ1n) is 5.64. The standard InChI is InChI=1S/C12H22N2O/c1-5-12(3,4)8-14-11(15)9(2)10-6-13-7-10/h13H,5-8H2,1-4H3,(H,14,15). The minimum absolute atomic E-state index is 0.0908. The lowest BCUT2D eigenvalue weighted by molar-refractivity contribution is -0.118. The van der Waals surface area contributed by atoms with Crippen LogP contribution in [-0.4, -0.2) is 25.5 Å². The van der Waals surface area contributed by atoms with Gasteiger partial charge in [-0.1, -0.05) is 20.8 Å². The molecule has 1 saturated heterocycles. The van der Waals surface area contributed by atoms with Crippen LogP contribution in [0.3, 0.4) is 0 Å². The highest BCUT2D eigenvalue weighted by Crippen LogP contribution is 2.18. The summed E-state index contributed by atoms with van der Waals surface area (Å²) in [5.41, 5.74) is 2.32. The molecule has 0 spiro atoms. The Hall–Kier alpha value is -0.830. The Morgan fingerprint density at radius 2 is 2.07 bits per heavy atom. The number of rotatable bonds is 4. The van der Waals surface area contributed by atoms with Crippen LogP contribution < -0.4 is 10.6 Å². The van der Waals surface area contributed by atoms with Crippen LogP contribution >= 0.6 is 0 Å². The van der Waals surface area contributed by atoms with Crippen LogP contribution in [0.2, 0.25) is 0 Å². The quantitative estimate of drug-likeness (QED) is 0.690. The fourth-order valence-electron chi connectivity index (χ4n) is 1.25. The molecule has 1 heterocycles. The molecule has 1 aliphatic heterocycles. The van der Waals surface area contributed by atoms with E-state index in [9.17, 15) is 4.79 Å². The molecule has 3 heteroatoms. The number of carbonyl (C=O) groups is 1. The smallest absolute Gasteiger partial charge is 0.246 e. The third kappa shape index (κ3) is 3.34. The van der Waals surface area contributed by atoms with Gasteiger partial charge < -0.3 is 10.6 Å². The van der Waals surface area contributed by atoms with Crippen LogP contribution in [0, 0.1) is 5.41 Å². The highest BCUT2D eigenvalue weighted by Gasteiger charge is 2.19. The third-order valence-electron chi connectivity index (χ3n) is 3.23. The molecule has 0 unspecified atom stereocenters. The Labute approximate surface area is 92.3 Å². The van der Waals surface area contributed by atoms with Crippen molar-refractivity contribution in [3.05, 3.63) is 11.1 Å². The summed E-state index contributed by atoms with van der Waals surface area (Å²) in [7, 11) is 0. The van der Waals surface area contributed by atoms with Crippen molar-refractivity contribution >= 4 is 5.91 Å². The van der Waals surface area contributed by atoms with E-state index in [0.29, 0.717) is 0 Å². The molecule has 15 heavy (non-hydrogen) atoms. The van der Waals surface area contributed by atoms with Gasteiger partial charge in [-0.05, 0) is 24.3 Å². The summed E-state index contributed by atoms with van der Waals surface area (Å²) in [6.45, 7) is 10.9. The minimum Gasteiger partial charge on any atom is -0.352 e. The second kappa shape index (κ2) is 4.79. The molecule has 0 aromatic rings. The molecule has 0 bridgehead atoms. The summed E-state index contributed by atoms with van der Waals surface area (Å²) in [6.07, 6.45) is 1.07. The SMILES string of the molecule is CCC(C)(C)CNC(=O)C(C)=C1CNC1. The van der Waals surface area contributed by atoms with Crippen molar-refractivity contribution in [2.45, 2.75) is 34.1 Å². The number of carbonyl (C=O) groups excluding carboxylic acids is 1. The zero-order valence-corrected chi connectivity index (χ0v) is 10.2. The lowest BCUT2D eigenvalue weighted by atomic mass is 9.90. The lowest BCUT2D eigenvalue weighted by Gasteiger charge is -2.25. The zero-order valence-electron chi connectivity index (χ0n) is 10.2. The summed E-state index contributed by atoms with van der Waals surface area (Å²) in [5.74, 6) is 0.0908. The van der Waals surface area contributed by atoms with Crippen molar-refractivity contribution in [2.24, 2.45) is 5.41 Å². The Morgan fingerprint density at radius 3 is 2.47 bits per heavy atom. The predicted molar refractivity (Wildman–Crippen MR) is 62.7 cm³/mol. The molecule has 0 aromatic carbocycles. The molecule has 0 saturated carbocycles. The van der Waals surface area contributed by atoms with Crippen molar-refractivity contribution in [3.63, 3.8) is 0 Å². The monoisotopic (exact) mass is 210 g/mol. The zero-order chi connectivity index (χ0) is 11.5. The molecule has 86 valence electrons. The number of hydrogen-bond acceptors (Lipinski definition) is 2. The Morgan fingerprint density at radius 1 is 1.47 bits per heavy atom. The minimum atomic E-state index is 0.0908. The van der Waals surface area contributed by atoms with Gasteiger partial charge in [0.25, 0.3) is 0 Å². The molecule has 1 aliphatic rings. The van der Waals surface area contributed by atoms with E-state index in [-0.39, 0.29) is 11.3 Å².